The molecule has 2 fully saturated rings. The minimum absolute atomic E-state index is 0.184. The Morgan fingerprint density at radius 1 is 0.800 bits per heavy atom. The standard InChI is InChI=1S/C24H31FN4O/c1-19-6-5-9-22(20(19)2)27-12-10-26(11-13-27)18-24(30)29-16-14-28(15-17-29)23-8-4-3-7-21(23)25/h3-9H,10-18H2,1-2H3. The maximum atomic E-state index is 14.0. The molecule has 0 bridgehead atoms. The van der Waals surface area contributed by atoms with Crippen LogP contribution in [0.15, 0.2) is 42.5 Å². The van der Waals surface area contributed by atoms with E-state index in [4.69, 9.17) is 0 Å². The topological polar surface area (TPSA) is 30.0 Å². The number of amides is 1. The van der Waals surface area contributed by atoms with Crippen LogP contribution < -0.4 is 9.80 Å². The van der Waals surface area contributed by atoms with Crippen molar-refractivity contribution in [2.75, 3.05) is 68.7 Å². The van der Waals surface area contributed by atoms with Crippen molar-refractivity contribution in [3.63, 3.8) is 0 Å². The SMILES string of the molecule is Cc1cccc(N2CCN(CC(=O)N3CCN(c4ccccc4F)CC3)CC2)c1C. The normalized spacial score (nSPS) is 18.0. The zero-order chi connectivity index (χ0) is 21.1. The molecule has 30 heavy (non-hydrogen) atoms. The molecule has 0 unspecified atom stereocenters. The first-order valence-corrected chi connectivity index (χ1v) is 10.8. The highest BCUT2D eigenvalue weighted by Gasteiger charge is 2.26. The number of piperazine rings is 2. The summed E-state index contributed by atoms with van der Waals surface area (Å²) in [7, 11) is 0. The van der Waals surface area contributed by atoms with Crippen LogP contribution in [-0.2, 0) is 4.79 Å². The number of hydrogen-bond donors (Lipinski definition) is 0. The van der Waals surface area contributed by atoms with Gasteiger partial charge in [0.05, 0.1) is 12.2 Å². The molecule has 2 aromatic carbocycles. The van der Waals surface area contributed by atoms with Gasteiger partial charge in [0.25, 0.3) is 0 Å². The summed E-state index contributed by atoms with van der Waals surface area (Å²) in [5.74, 6) is -0.0117. The maximum Gasteiger partial charge on any atom is 0.236 e. The Hall–Kier alpha value is -2.60. The summed E-state index contributed by atoms with van der Waals surface area (Å²) in [6, 6.07) is 13.3. The fourth-order valence-electron chi connectivity index (χ4n) is 4.42. The molecule has 0 saturated carbocycles. The number of carbonyl (C=O) groups excluding carboxylic acids is 1. The Bertz CT molecular complexity index is 887. The summed E-state index contributed by atoms with van der Waals surface area (Å²) in [5, 5.41) is 0. The first kappa shape index (κ1) is 20.7. The van der Waals surface area contributed by atoms with Gasteiger partial charge in [-0.05, 0) is 43.2 Å². The van der Waals surface area contributed by atoms with E-state index in [9.17, 15) is 9.18 Å². The van der Waals surface area contributed by atoms with E-state index in [1.807, 2.05) is 21.9 Å². The summed E-state index contributed by atoms with van der Waals surface area (Å²) in [6.07, 6.45) is 0. The molecule has 0 N–H and O–H groups in total. The number of hydrogen-bond acceptors (Lipinski definition) is 4. The monoisotopic (exact) mass is 410 g/mol. The Morgan fingerprint density at radius 2 is 1.40 bits per heavy atom. The molecule has 2 aromatic rings. The molecule has 2 aliphatic heterocycles. The summed E-state index contributed by atoms with van der Waals surface area (Å²) in [5.41, 5.74) is 4.60. The second-order valence-corrected chi connectivity index (χ2v) is 8.30. The minimum atomic E-state index is -0.195. The predicted octanol–water partition coefficient (Wildman–Crippen LogP) is 2.91. The molecule has 4 rings (SSSR count). The van der Waals surface area contributed by atoms with E-state index >= 15 is 0 Å². The number of benzene rings is 2. The quantitative estimate of drug-likeness (QED) is 0.775. The van der Waals surface area contributed by atoms with Crippen LogP contribution in [0.5, 0.6) is 0 Å². The molecule has 0 atom stereocenters. The van der Waals surface area contributed by atoms with Crippen LogP contribution in [-0.4, -0.2) is 74.6 Å². The van der Waals surface area contributed by atoms with Gasteiger partial charge in [0.2, 0.25) is 5.91 Å². The van der Waals surface area contributed by atoms with Crippen molar-refractivity contribution in [3.05, 3.63) is 59.4 Å². The first-order valence-electron chi connectivity index (χ1n) is 10.8. The Kier molecular flexibility index (Phi) is 6.23. The molecule has 1 amide bonds. The minimum Gasteiger partial charge on any atom is -0.369 e. The lowest BCUT2D eigenvalue weighted by Crippen LogP contribution is -2.54. The molecule has 6 heteroatoms. The zero-order valence-electron chi connectivity index (χ0n) is 18.0. The molecule has 160 valence electrons. The van der Waals surface area contributed by atoms with E-state index in [0.717, 1.165) is 26.2 Å². The Labute approximate surface area is 178 Å². The second-order valence-electron chi connectivity index (χ2n) is 8.30. The predicted molar refractivity (Wildman–Crippen MR) is 120 cm³/mol. The van der Waals surface area contributed by atoms with Gasteiger partial charge >= 0.3 is 0 Å². The maximum absolute atomic E-state index is 14.0. The molecule has 0 aromatic heterocycles. The van der Waals surface area contributed by atoms with Crippen molar-refractivity contribution in [2.24, 2.45) is 0 Å². The fraction of sp³-hybridized carbons (Fsp3) is 0.458. The first-order chi connectivity index (χ1) is 14.5. The van der Waals surface area contributed by atoms with Gasteiger partial charge in [-0.3, -0.25) is 9.69 Å². The van der Waals surface area contributed by atoms with Gasteiger partial charge in [0.1, 0.15) is 5.82 Å². The van der Waals surface area contributed by atoms with E-state index in [0.29, 0.717) is 38.4 Å². The van der Waals surface area contributed by atoms with E-state index in [1.165, 1.54) is 22.9 Å². The number of nitrogens with zero attached hydrogens (tertiary/aromatic N) is 4. The van der Waals surface area contributed by atoms with Crippen molar-refractivity contribution in [3.8, 4) is 0 Å². The van der Waals surface area contributed by atoms with Crippen LogP contribution in [0, 0.1) is 19.7 Å². The summed E-state index contributed by atoms with van der Waals surface area (Å²) < 4.78 is 14.0. The lowest BCUT2D eigenvalue weighted by atomic mass is 10.1. The van der Waals surface area contributed by atoms with Gasteiger partial charge < -0.3 is 14.7 Å². The number of carbonyl (C=O) groups is 1. The molecule has 5 nitrogen and oxygen atoms in total. The smallest absolute Gasteiger partial charge is 0.236 e. The van der Waals surface area contributed by atoms with Gasteiger partial charge in [-0.1, -0.05) is 24.3 Å². The average molecular weight is 411 g/mol. The summed E-state index contributed by atoms with van der Waals surface area (Å²) >= 11 is 0. The largest absolute Gasteiger partial charge is 0.369 e. The van der Waals surface area contributed by atoms with Crippen LogP contribution in [0.1, 0.15) is 11.1 Å². The Balaban J connectivity index is 1.26. The van der Waals surface area contributed by atoms with E-state index in [2.05, 4.69) is 41.8 Å². The van der Waals surface area contributed by atoms with E-state index in [1.54, 1.807) is 6.07 Å². The van der Waals surface area contributed by atoms with Crippen molar-refractivity contribution in [1.29, 1.82) is 0 Å². The van der Waals surface area contributed by atoms with Gasteiger partial charge in [0, 0.05) is 58.0 Å². The third-order valence-electron chi connectivity index (χ3n) is 6.47. The van der Waals surface area contributed by atoms with Crippen molar-refractivity contribution < 1.29 is 9.18 Å². The van der Waals surface area contributed by atoms with Gasteiger partial charge in [-0.25, -0.2) is 4.39 Å². The van der Waals surface area contributed by atoms with Crippen LogP contribution in [0.4, 0.5) is 15.8 Å². The van der Waals surface area contributed by atoms with Gasteiger partial charge in [-0.2, -0.15) is 0 Å². The molecular weight excluding hydrogens is 379 g/mol. The van der Waals surface area contributed by atoms with Crippen molar-refractivity contribution in [2.45, 2.75) is 13.8 Å². The van der Waals surface area contributed by atoms with E-state index < -0.39 is 0 Å². The molecular formula is C24H31FN4O. The highest BCUT2D eigenvalue weighted by Crippen LogP contribution is 2.24. The molecule has 0 aliphatic carbocycles. The molecule has 0 radical (unpaired) electrons. The van der Waals surface area contributed by atoms with E-state index in [-0.39, 0.29) is 11.7 Å². The lowest BCUT2D eigenvalue weighted by molar-refractivity contribution is -0.132. The molecule has 2 saturated heterocycles. The third kappa shape index (κ3) is 4.43. The molecule has 2 heterocycles. The lowest BCUT2D eigenvalue weighted by Gasteiger charge is -2.39. The second kappa shape index (κ2) is 9.04. The van der Waals surface area contributed by atoms with Crippen molar-refractivity contribution in [1.82, 2.24) is 9.80 Å². The van der Waals surface area contributed by atoms with Gasteiger partial charge in [0.15, 0.2) is 0 Å². The number of rotatable bonds is 4. The number of aryl methyl sites for hydroxylation is 1. The highest BCUT2D eigenvalue weighted by atomic mass is 19.1. The van der Waals surface area contributed by atoms with Crippen molar-refractivity contribution >= 4 is 17.3 Å². The molecule has 2 aliphatic rings. The summed E-state index contributed by atoms with van der Waals surface area (Å²) in [4.78, 5) is 21.4. The average Bonchev–Trinajstić information content (AvgIpc) is 2.77. The zero-order valence-corrected chi connectivity index (χ0v) is 18.0. The van der Waals surface area contributed by atoms with Gasteiger partial charge in [-0.15, -0.1) is 0 Å². The van der Waals surface area contributed by atoms with Crippen LogP contribution >= 0.6 is 0 Å². The molecule has 0 spiro atoms. The Morgan fingerprint density at radius 3 is 2.10 bits per heavy atom. The summed E-state index contributed by atoms with van der Waals surface area (Å²) in [6.45, 7) is 11.1. The van der Waals surface area contributed by atoms with Crippen LogP contribution in [0.2, 0.25) is 0 Å². The number of para-hydroxylation sites is 1. The van der Waals surface area contributed by atoms with Crippen LogP contribution in [0.3, 0.4) is 0 Å². The third-order valence-corrected chi connectivity index (χ3v) is 6.47. The number of anilines is 2. The number of halogens is 1. The highest BCUT2D eigenvalue weighted by molar-refractivity contribution is 5.78. The van der Waals surface area contributed by atoms with Crippen LogP contribution in [0.25, 0.3) is 0 Å². The fourth-order valence-corrected chi connectivity index (χ4v) is 4.42.